The molecule has 0 unspecified atom stereocenters. The topological polar surface area (TPSA) is 73.4 Å². The number of aromatic amines is 1. The summed E-state index contributed by atoms with van der Waals surface area (Å²) in [7, 11) is 1.60. The van der Waals surface area contributed by atoms with E-state index < -0.39 is 5.97 Å². The monoisotopic (exact) mass is 482 g/mol. The number of H-pyrrole nitrogens is 1. The van der Waals surface area contributed by atoms with Crippen LogP contribution in [0.3, 0.4) is 0 Å². The number of nitrogens with zero attached hydrogens (tertiary/aromatic N) is 1. The Morgan fingerprint density at radius 3 is 2.58 bits per heavy atom. The van der Waals surface area contributed by atoms with Gasteiger partial charge in [-0.1, -0.05) is 28.1 Å². The van der Waals surface area contributed by atoms with E-state index >= 15 is 0 Å². The largest absolute Gasteiger partial charge is 0.489 e. The molecule has 0 aliphatic rings. The number of carbonyl (C=O) groups is 1. The standard InChI is InChI=1S/C24H23BrN2O4/c1-14(2)31-24(28)23-19(13-29-3)22-18-10-17(8-9-20(18)27-21(22)11-26-23)30-12-15-4-6-16(25)7-5-15/h4-11,14,27H,12-13H2,1-3H3. The van der Waals surface area contributed by atoms with Gasteiger partial charge in [-0.05, 0) is 49.7 Å². The molecule has 31 heavy (non-hydrogen) atoms. The first-order chi connectivity index (χ1) is 15.0. The third-order valence-electron chi connectivity index (χ3n) is 4.85. The highest BCUT2D eigenvalue weighted by molar-refractivity contribution is 9.10. The SMILES string of the molecule is COCc1c(C(=O)OC(C)C)ncc2[nH]c3ccc(OCc4ccc(Br)cc4)cc3c12. The van der Waals surface area contributed by atoms with Gasteiger partial charge in [0.1, 0.15) is 12.4 Å². The van der Waals surface area contributed by atoms with Crippen LogP contribution in [0.5, 0.6) is 5.75 Å². The maximum Gasteiger partial charge on any atom is 0.357 e. The van der Waals surface area contributed by atoms with Crippen molar-refractivity contribution in [3.8, 4) is 5.75 Å². The number of halogens is 1. The van der Waals surface area contributed by atoms with E-state index in [-0.39, 0.29) is 18.4 Å². The molecule has 0 aliphatic carbocycles. The Labute approximate surface area is 188 Å². The lowest BCUT2D eigenvalue weighted by Gasteiger charge is -2.12. The van der Waals surface area contributed by atoms with Crippen LogP contribution in [0.1, 0.15) is 35.5 Å². The highest BCUT2D eigenvalue weighted by Gasteiger charge is 2.21. The second kappa shape index (κ2) is 9.08. The molecule has 160 valence electrons. The maximum absolute atomic E-state index is 12.6. The Morgan fingerprint density at radius 1 is 1.10 bits per heavy atom. The van der Waals surface area contributed by atoms with Gasteiger partial charge in [-0.2, -0.15) is 0 Å². The summed E-state index contributed by atoms with van der Waals surface area (Å²) in [5.41, 5.74) is 3.80. The predicted molar refractivity (Wildman–Crippen MR) is 123 cm³/mol. The van der Waals surface area contributed by atoms with Crippen molar-refractivity contribution < 1.29 is 19.0 Å². The van der Waals surface area contributed by atoms with Crippen LogP contribution in [0.15, 0.2) is 53.1 Å². The van der Waals surface area contributed by atoms with Crippen molar-refractivity contribution in [3.05, 3.63) is 70.0 Å². The third kappa shape index (κ3) is 4.57. The zero-order chi connectivity index (χ0) is 22.0. The van der Waals surface area contributed by atoms with E-state index in [4.69, 9.17) is 14.2 Å². The smallest absolute Gasteiger partial charge is 0.357 e. The molecule has 0 saturated heterocycles. The Morgan fingerprint density at radius 2 is 1.87 bits per heavy atom. The molecule has 0 spiro atoms. The van der Waals surface area contributed by atoms with E-state index in [0.29, 0.717) is 12.2 Å². The van der Waals surface area contributed by atoms with Gasteiger partial charge in [-0.25, -0.2) is 9.78 Å². The number of hydrogen-bond donors (Lipinski definition) is 1. The van der Waals surface area contributed by atoms with E-state index in [1.54, 1.807) is 13.3 Å². The minimum absolute atomic E-state index is 0.234. The number of ether oxygens (including phenoxy) is 3. The first-order valence-corrected chi connectivity index (χ1v) is 10.8. The average Bonchev–Trinajstić information content (AvgIpc) is 3.11. The van der Waals surface area contributed by atoms with Crippen LogP contribution in [0.2, 0.25) is 0 Å². The Bertz CT molecular complexity index is 1230. The van der Waals surface area contributed by atoms with Crippen LogP contribution >= 0.6 is 15.9 Å². The zero-order valence-corrected chi connectivity index (χ0v) is 19.2. The van der Waals surface area contributed by atoms with Gasteiger partial charge in [0, 0.05) is 33.4 Å². The molecule has 0 fully saturated rings. The van der Waals surface area contributed by atoms with Crippen molar-refractivity contribution in [3.63, 3.8) is 0 Å². The molecule has 0 saturated carbocycles. The van der Waals surface area contributed by atoms with E-state index in [0.717, 1.165) is 37.6 Å². The van der Waals surface area contributed by atoms with Gasteiger partial charge < -0.3 is 19.2 Å². The van der Waals surface area contributed by atoms with Crippen LogP contribution in [0.25, 0.3) is 21.8 Å². The molecule has 2 aromatic heterocycles. The van der Waals surface area contributed by atoms with Crippen molar-refractivity contribution in [1.29, 1.82) is 0 Å². The Balaban J connectivity index is 1.75. The first kappa shape index (κ1) is 21.3. The number of methoxy groups -OCH3 is 1. The Hall–Kier alpha value is -2.90. The lowest BCUT2D eigenvalue weighted by Crippen LogP contribution is -2.15. The first-order valence-electron chi connectivity index (χ1n) is 9.96. The predicted octanol–water partition coefficient (Wildman–Crippen LogP) is 5.77. The molecule has 2 aromatic carbocycles. The lowest BCUT2D eigenvalue weighted by molar-refractivity contribution is 0.0366. The number of hydrogen-bond acceptors (Lipinski definition) is 5. The van der Waals surface area contributed by atoms with Crippen LogP contribution in [-0.2, 0) is 22.7 Å². The number of esters is 1. The van der Waals surface area contributed by atoms with E-state index in [1.165, 1.54) is 0 Å². The summed E-state index contributed by atoms with van der Waals surface area (Å²) in [6.07, 6.45) is 1.43. The fourth-order valence-corrected chi connectivity index (χ4v) is 3.77. The van der Waals surface area contributed by atoms with Crippen molar-refractivity contribution >= 4 is 43.7 Å². The Kier molecular flexibility index (Phi) is 6.25. The highest BCUT2D eigenvalue weighted by atomic mass is 79.9. The van der Waals surface area contributed by atoms with Crippen molar-refractivity contribution in [2.24, 2.45) is 0 Å². The van der Waals surface area contributed by atoms with Crippen LogP contribution in [0.4, 0.5) is 0 Å². The number of aromatic nitrogens is 2. The van der Waals surface area contributed by atoms with Crippen LogP contribution in [0, 0.1) is 0 Å². The van der Waals surface area contributed by atoms with Crippen molar-refractivity contribution in [2.75, 3.05) is 7.11 Å². The van der Waals surface area contributed by atoms with Crippen molar-refractivity contribution in [2.45, 2.75) is 33.2 Å². The lowest BCUT2D eigenvalue weighted by atomic mass is 10.1. The van der Waals surface area contributed by atoms with Gasteiger partial charge in [-0.15, -0.1) is 0 Å². The third-order valence-corrected chi connectivity index (χ3v) is 5.38. The molecule has 7 heteroatoms. The second-order valence-corrected chi connectivity index (χ2v) is 8.42. The van der Waals surface area contributed by atoms with Crippen LogP contribution in [-0.4, -0.2) is 29.2 Å². The molecule has 0 bridgehead atoms. The molecule has 4 aromatic rings. The molecule has 2 heterocycles. The molecule has 6 nitrogen and oxygen atoms in total. The molecule has 4 rings (SSSR count). The number of nitrogens with one attached hydrogen (secondary N) is 1. The van der Waals surface area contributed by atoms with E-state index in [2.05, 4.69) is 25.9 Å². The summed E-state index contributed by atoms with van der Waals surface area (Å²) >= 11 is 3.44. The molecule has 0 radical (unpaired) electrons. The molecular formula is C24H23BrN2O4. The minimum Gasteiger partial charge on any atom is -0.489 e. The van der Waals surface area contributed by atoms with Gasteiger partial charge >= 0.3 is 5.97 Å². The molecular weight excluding hydrogens is 460 g/mol. The average molecular weight is 483 g/mol. The van der Waals surface area contributed by atoms with Gasteiger partial charge in [0.2, 0.25) is 0 Å². The van der Waals surface area contributed by atoms with Gasteiger partial charge in [0.15, 0.2) is 5.69 Å². The van der Waals surface area contributed by atoms with Gasteiger partial charge in [0.05, 0.1) is 24.4 Å². The van der Waals surface area contributed by atoms with Gasteiger partial charge in [-0.3, -0.25) is 0 Å². The highest BCUT2D eigenvalue weighted by Crippen LogP contribution is 2.33. The quantitative estimate of drug-likeness (QED) is 0.338. The minimum atomic E-state index is -0.457. The summed E-state index contributed by atoms with van der Waals surface area (Å²) in [6.45, 7) is 4.32. The number of benzene rings is 2. The van der Waals surface area contributed by atoms with Crippen molar-refractivity contribution in [1.82, 2.24) is 9.97 Å². The summed E-state index contributed by atoms with van der Waals surface area (Å²) in [6, 6.07) is 13.9. The number of carbonyl (C=O) groups excluding carboxylic acids is 1. The van der Waals surface area contributed by atoms with Gasteiger partial charge in [0.25, 0.3) is 0 Å². The number of rotatable bonds is 7. The maximum atomic E-state index is 12.6. The summed E-state index contributed by atoms with van der Waals surface area (Å²) < 4.78 is 17.8. The van der Waals surface area contributed by atoms with Crippen LogP contribution < -0.4 is 4.74 Å². The second-order valence-electron chi connectivity index (χ2n) is 7.51. The van der Waals surface area contributed by atoms with E-state index in [1.807, 2.05) is 56.3 Å². The summed E-state index contributed by atoms with van der Waals surface area (Å²) in [5, 5.41) is 1.83. The zero-order valence-electron chi connectivity index (χ0n) is 17.6. The fraction of sp³-hybridized carbons (Fsp3) is 0.250. The molecule has 0 atom stereocenters. The summed E-state index contributed by atoms with van der Waals surface area (Å²) in [5.74, 6) is 0.281. The summed E-state index contributed by atoms with van der Waals surface area (Å²) in [4.78, 5) is 20.3. The number of pyridine rings is 1. The number of fused-ring (bicyclic) bond motifs is 3. The van der Waals surface area contributed by atoms with E-state index in [9.17, 15) is 4.79 Å². The molecule has 1 N–H and O–H groups in total. The molecule has 0 aliphatic heterocycles. The molecule has 0 amide bonds. The fourth-order valence-electron chi connectivity index (χ4n) is 3.51. The normalized spacial score (nSPS) is 11.4.